The highest BCUT2D eigenvalue weighted by molar-refractivity contribution is 5.98. The fourth-order valence-corrected chi connectivity index (χ4v) is 1.93. The van der Waals surface area contributed by atoms with Crippen LogP contribution >= 0.6 is 0 Å². The number of amides is 1. The van der Waals surface area contributed by atoms with Crippen LogP contribution in [-0.2, 0) is 0 Å². The summed E-state index contributed by atoms with van der Waals surface area (Å²) in [4.78, 5) is 23.3. The predicted octanol–water partition coefficient (Wildman–Crippen LogP) is 0.941. The molecule has 2 rings (SSSR count). The van der Waals surface area contributed by atoms with Crippen molar-refractivity contribution in [3.8, 4) is 0 Å². The molecule has 0 saturated carbocycles. The lowest BCUT2D eigenvalue weighted by atomic mass is 10.1. The summed E-state index contributed by atoms with van der Waals surface area (Å²) in [5, 5.41) is 20.1. The number of aliphatic hydroxyl groups excluding tert-OH is 1. The fourth-order valence-electron chi connectivity index (χ4n) is 1.93. The van der Waals surface area contributed by atoms with Crippen LogP contribution in [0.2, 0.25) is 0 Å². The van der Waals surface area contributed by atoms with Crippen LogP contribution < -0.4 is 0 Å². The Bertz CT molecular complexity index is 506. The molecule has 6 nitrogen and oxygen atoms in total. The van der Waals surface area contributed by atoms with Crippen molar-refractivity contribution >= 4 is 11.6 Å². The van der Waals surface area contributed by atoms with E-state index in [2.05, 4.69) is 0 Å². The Hall–Kier alpha value is -2.02. The van der Waals surface area contributed by atoms with Crippen LogP contribution in [-0.4, -0.2) is 40.0 Å². The van der Waals surface area contributed by atoms with Gasteiger partial charge >= 0.3 is 0 Å². The van der Waals surface area contributed by atoms with Gasteiger partial charge in [0.15, 0.2) is 0 Å². The highest BCUT2D eigenvalue weighted by Gasteiger charge is 2.30. The molecule has 1 N–H and O–H groups in total. The normalized spacial score (nSPS) is 19.0. The van der Waals surface area contributed by atoms with E-state index in [1.807, 2.05) is 0 Å². The molecule has 0 aliphatic carbocycles. The number of hydrogen-bond donors (Lipinski definition) is 1. The molecule has 0 spiro atoms. The average molecular weight is 254 g/mol. The van der Waals surface area contributed by atoms with E-state index in [-0.39, 0.29) is 12.1 Å². The Morgan fingerprint density at radius 1 is 1.56 bits per heavy atom. The summed E-state index contributed by atoms with van der Waals surface area (Å²) < 4.78 is 12.9. The first kappa shape index (κ1) is 12.4. The molecule has 1 heterocycles. The average Bonchev–Trinajstić information content (AvgIpc) is 2.75. The van der Waals surface area contributed by atoms with Gasteiger partial charge in [0.1, 0.15) is 11.4 Å². The molecule has 1 aliphatic rings. The minimum atomic E-state index is -0.789. The van der Waals surface area contributed by atoms with E-state index in [0.717, 1.165) is 18.2 Å². The third kappa shape index (κ3) is 2.30. The monoisotopic (exact) mass is 254 g/mol. The second kappa shape index (κ2) is 4.69. The minimum Gasteiger partial charge on any atom is -0.391 e. The van der Waals surface area contributed by atoms with Gasteiger partial charge in [0.25, 0.3) is 11.6 Å². The van der Waals surface area contributed by atoms with Gasteiger partial charge in [-0.3, -0.25) is 14.9 Å². The van der Waals surface area contributed by atoms with Crippen LogP contribution in [0.3, 0.4) is 0 Å². The Morgan fingerprint density at radius 3 is 2.83 bits per heavy atom. The van der Waals surface area contributed by atoms with Crippen molar-refractivity contribution < 1.29 is 19.2 Å². The van der Waals surface area contributed by atoms with Gasteiger partial charge in [-0.05, 0) is 18.6 Å². The summed E-state index contributed by atoms with van der Waals surface area (Å²) in [5.41, 5.74) is -0.711. The van der Waals surface area contributed by atoms with Gasteiger partial charge in [-0.2, -0.15) is 0 Å². The van der Waals surface area contributed by atoms with E-state index >= 15 is 0 Å². The molecule has 1 aromatic carbocycles. The predicted molar refractivity (Wildman–Crippen MR) is 59.6 cm³/mol. The molecular weight excluding hydrogens is 243 g/mol. The molecule has 0 aromatic heterocycles. The number of β-amino-alcohol motifs (C(OH)–C–C–N with tert-alkyl or cyclic N) is 1. The van der Waals surface area contributed by atoms with Crippen molar-refractivity contribution in [2.75, 3.05) is 13.1 Å². The Labute approximate surface area is 102 Å². The summed E-state index contributed by atoms with van der Waals surface area (Å²) in [6, 6.07) is 2.83. The molecule has 1 amide bonds. The number of nitrogens with zero attached hydrogens (tertiary/aromatic N) is 2. The number of benzene rings is 1. The molecular formula is C11H11FN2O4. The molecule has 0 radical (unpaired) electrons. The van der Waals surface area contributed by atoms with Crippen molar-refractivity contribution in [3.05, 3.63) is 39.7 Å². The van der Waals surface area contributed by atoms with Gasteiger partial charge in [-0.15, -0.1) is 0 Å². The number of aliphatic hydroxyl groups is 1. The zero-order chi connectivity index (χ0) is 13.3. The van der Waals surface area contributed by atoms with Crippen LogP contribution in [0.25, 0.3) is 0 Å². The fraction of sp³-hybridized carbons (Fsp3) is 0.364. The SMILES string of the molecule is O=C(c1ccc(F)cc1[N+](=O)[O-])N1CC[C@H](O)C1. The number of rotatable bonds is 2. The van der Waals surface area contributed by atoms with E-state index in [1.165, 1.54) is 4.90 Å². The van der Waals surface area contributed by atoms with Gasteiger partial charge < -0.3 is 10.0 Å². The molecule has 1 saturated heterocycles. The van der Waals surface area contributed by atoms with Crippen LogP contribution in [0.5, 0.6) is 0 Å². The lowest BCUT2D eigenvalue weighted by molar-refractivity contribution is -0.385. The van der Waals surface area contributed by atoms with E-state index < -0.39 is 28.4 Å². The molecule has 0 unspecified atom stereocenters. The summed E-state index contributed by atoms with van der Waals surface area (Å²) in [5.74, 6) is -1.32. The van der Waals surface area contributed by atoms with Gasteiger partial charge in [-0.1, -0.05) is 0 Å². The van der Waals surface area contributed by atoms with Crippen molar-refractivity contribution in [3.63, 3.8) is 0 Å². The number of likely N-dealkylation sites (tertiary alicyclic amines) is 1. The maximum Gasteiger partial charge on any atom is 0.285 e. The van der Waals surface area contributed by atoms with E-state index in [1.54, 1.807) is 0 Å². The first-order chi connectivity index (χ1) is 8.49. The number of halogens is 1. The molecule has 18 heavy (non-hydrogen) atoms. The standard InChI is InChI=1S/C11H11FN2O4/c12-7-1-2-9(10(5-7)14(17)18)11(16)13-4-3-8(15)6-13/h1-2,5,8,15H,3-4,6H2/t8-/m0/s1. The third-order valence-corrected chi connectivity index (χ3v) is 2.84. The summed E-state index contributed by atoms with van der Waals surface area (Å²) in [6.45, 7) is 0.488. The zero-order valence-corrected chi connectivity index (χ0v) is 9.38. The van der Waals surface area contributed by atoms with Crippen molar-refractivity contribution in [1.29, 1.82) is 0 Å². The lowest BCUT2D eigenvalue weighted by Gasteiger charge is -2.15. The van der Waals surface area contributed by atoms with Crippen LogP contribution in [0, 0.1) is 15.9 Å². The van der Waals surface area contributed by atoms with Gasteiger partial charge in [0.05, 0.1) is 17.1 Å². The Morgan fingerprint density at radius 2 is 2.28 bits per heavy atom. The third-order valence-electron chi connectivity index (χ3n) is 2.84. The van der Waals surface area contributed by atoms with Crippen molar-refractivity contribution in [2.45, 2.75) is 12.5 Å². The van der Waals surface area contributed by atoms with E-state index in [9.17, 15) is 24.4 Å². The number of carbonyl (C=O) groups excluding carboxylic acids is 1. The molecule has 1 atom stereocenters. The first-order valence-corrected chi connectivity index (χ1v) is 5.40. The van der Waals surface area contributed by atoms with Crippen molar-refractivity contribution in [2.24, 2.45) is 0 Å². The number of carbonyl (C=O) groups is 1. The van der Waals surface area contributed by atoms with Crippen LogP contribution in [0.1, 0.15) is 16.8 Å². The van der Waals surface area contributed by atoms with Crippen LogP contribution in [0.4, 0.5) is 10.1 Å². The molecule has 0 bridgehead atoms. The summed E-state index contributed by atoms with van der Waals surface area (Å²) in [6.07, 6.45) is -0.158. The topological polar surface area (TPSA) is 83.7 Å². The summed E-state index contributed by atoms with van der Waals surface area (Å²) >= 11 is 0. The largest absolute Gasteiger partial charge is 0.391 e. The van der Waals surface area contributed by atoms with Gasteiger partial charge in [-0.25, -0.2) is 4.39 Å². The number of hydrogen-bond acceptors (Lipinski definition) is 4. The quantitative estimate of drug-likeness (QED) is 0.628. The molecule has 1 aromatic rings. The molecule has 1 fully saturated rings. The second-order valence-corrected chi connectivity index (χ2v) is 4.11. The zero-order valence-electron chi connectivity index (χ0n) is 9.38. The van der Waals surface area contributed by atoms with E-state index in [4.69, 9.17) is 0 Å². The first-order valence-electron chi connectivity index (χ1n) is 5.40. The molecule has 7 heteroatoms. The highest BCUT2D eigenvalue weighted by Crippen LogP contribution is 2.23. The molecule has 1 aliphatic heterocycles. The smallest absolute Gasteiger partial charge is 0.285 e. The number of nitro benzene ring substituents is 1. The maximum absolute atomic E-state index is 12.9. The second-order valence-electron chi connectivity index (χ2n) is 4.11. The Kier molecular flexibility index (Phi) is 3.24. The Balaban J connectivity index is 2.33. The van der Waals surface area contributed by atoms with Gasteiger partial charge in [0, 0.05) is 13.1 Å². The number of nitro groups is 1. The van der Waals surface area contributed by atoms with Crippen molar-refractivity contribution in [1.82, 2.24) is 4.90 Å². The maximum atomic E-state index is 12.9. The molecule has 96 valence electrons. The minimum absolute atomic E-state index is 0.146. The highest BCUT2D eigenvalue weighted by atomic mass is 19.1. The van der Waals surface area contributed by atoms with E-state index in [0.29, 0.717) is 13.0 Å². The lowest BCUT2D eigenvalue weighted by Crippen LogP contribution is -2.30. The summed E-state index contributed by atoms with van der Waals surface area (Å²) in [7, 11) is 0. The van der Waals surface area contributed by atoms with Gasteiger partial charge in [0.2, 0.25) is 0 Å². The van der Waals surface area contributed by atoms with Crippen LogP contribution in [0.15, 0.2) is 18.2 Å².